The lowest BCUT2D eigenvalue weighted by Crippen LogP contribution is -2.03. The van der Waals surface area contributed by atoms with Crippen LogP contribution in [0.25, 0.3) is 0 Å². The first kappa shape index (κ1) is 13.1. The molecule has 0 atom stereocenters. The van der Waals surface area contributed by atoms with Crippen LogP contribution in [-0.4, -0.2) is 0 Å². The maximum absolute atomic E-state index is 5.82. The van der Waals surface area contributed by atoms with E-state index in [9.17, 15) is 0 Å². The van der Waals surface area contributed by atoms with Crippen molar-refractivity contribution in [3.05, 3.63) is 26.7 Å². The van der Waals surface area contributed by atoms with Crippen LogP contribution in [-0.2, 0) is 6.54 Å². The lowest BCUT2D eigenvalue weighted by Gasteiger charge is -2.08. The molecule has 0 fully saturated rings. The van der Waals surface area contributed by atoms with Crippen molar-refractivity contribution in [3.8, 4) is 0 Å². The van der Waals surface area contributed by atoms with E-state index in [-0.39, 0.29) is 19.0 Å². The Hall–Kier alpha value is 0.140. The Morgan fingerprint density at radius 3 is 2.15 bits per heavy atom. The van der Waals surface area contributed by atoms with Crippen LogP contribution < -0.4 is 11.5 Å². The number of hydrogen-bond donors (Lipinski definition) is 2. The van der Waals surface area contributed by atoms with E-state index in [1.165, 1.54) is 6.07 Å². The third kappa shape index (κ3) is 2.55. The maximum atomic E-state index is 5.82. The third-order valence-electron chi connectivity index (χ3n) is 1.51. The zero-order valence-electron chi connectivity index (χ0n) is 6.48. The molecule has 0 amide bonds. The number of halogens is 4. The first-order valence-electron chi connectivity index (χ1n) is 3.19. The SMILES string of the molecule is Cl.NCc1c(N)c(Cl)cc(Cl)c1Cl. The molecule has 0 saturated carbocycles. The van der Waals surface area contributed by atoms with Crippen LogP contribution in [0.15, 0.2) is 6.07 Å². The Kier molecular flexibility index (Phi) is 5.18. The Morgan fingerprint density at radius 2 is 1.69 bits per heavy atom. The minimum absolute atomic E-state index is 0. The van der Waals surface area contributed by atoms with Crippen molar-refractivity contribution >= 4 is 52.9 Å². The van der Waals surface area contributed by atoms with Crippen LogP contribution in [0.5, 0.6) is 0 Å². The molecule has 6 heteroatoms. The molecule has 0 aliphatic rings. The smallest absolute Gasteiger partial charge is 0.0658 e. The molecule has 1 aromatic carbocycles. The molecule has 13 heavy (non-hydrogen) atoms. The number of benzene rings is 1. The molecule has 0 bridgehead atoms. The summed E-state index contributed by atoms with van der Waals surface area (Å²) in [6.07, 6.45) is 0. The molecule has 0 aliphatic carbocycles. The van der Waals surface area contributed by atoms with Gasteiger partial charge in [-0.15, -0.1) is 12.4 Å². The number of nitrogens with two attached hydrogens (primary N) is 2. The molecule has 0 aromatic heterocycles. The Bertz CT molecular complexity index is 288. The summed E-state index contributed by atoms with van der Waals surface area (Å²) in [5.74, 6) is 0. The summed E-state index contributed by atoms with van der Waals surface area (Å²) in [5, 5.41) is 1.13. The van der Waals surface area contributed by atoms with Crippen molar-refractivity contribution in [2.75, 3.05) is 5.73 Å². The van der Waals surface area contributed by atoms with Gasteiger partial charge >= 0.3 is 0 Å². The molecular weight excluding hydrogens is 254 g/mol. The number of rotatable bonds is 1. The zero-order chi connectivity index (χ0) is 9.30. The quantitative estimate of drug-likeness (QED) is 0.603. The summed E-state index contributed by atoms with van der Waals surface area (Å²) < 4.78 is 0. The molecule has 0 aliphatic heterocycles. The van der Waals surface area contributed by atoms with Crippen molar-refractivity contribution in [1.29, 1.82) is 0 Å². The summed E-state index contributed by atoms with van der Waals surface area (Å²) in [6.45, 7) is 0.227. The van der Waals surface area contributed by atoms with Crippen LogP contribution in [0, 0.1) is 0 Å². The van der Waals surface area contributed by atoms with Crippen LogP contribution >= 0.6 is 47.2 Å². The number of nitrogen functional groups attached to an aromatic ring is 1. The molecule has 0 radical (unpaired) electrons. The third-order valence-corrected chi connectivity index (χ3v) is 2.65. The molecule has 0 spiro atoms. The average Bonchev–Trinajstić information content (AvgIpc) is 2.02. The first-order valence-corrected chi connectivity index (χ1v) is 4.33. The van der Waals surface area contributed by atoms with Crippen molar-refractivity contribution in [2.24, 2.45) is 5.73 Å². The predicted octanol–water partition coefficient (Wildman–Crippen LogP) is 3.11. The van der Waals surface area contributed by atoms with E-state index in [0.717, 1.165) is 0 Å². The monoisotopic (exact) mass is 260 g/mol. The fraction of sp³-hybridized carbons (Fsp3) is 0.143. The lowest BCUT2D eigenvalue weighted by molar-refractivity contribution is 1.08. The molecule has 0 saturated heterocycles. The maximum Gasteiger partial charge on any atom is 0.0658 e. The zero-order valence-corrected chi connectivity index (χ0v) is 9.57. The van der Waals surface area contributed by atoms with Crippen LogP contribution in [0.1, 0.15) is 5.56 Å². The van der Waals surface area contributed by atoms with Crippen molar-refractivity contribution in [2.45, 2.75) is 6.54 Å². The van der Waals surface area contributed by atoms with Crippen molar-refractivity contribution in [1.82, 2.24) is 0 Å². The van der Waals surface area contributed by atoms with Gasteiger partial charge in [-0.05, 0) is 6.07 Å². The van der Waals surface area contributed by atoms with Crippen molar-refractivity contribution < 1.29 is 0 Å². The van der Waals surface area contributed by atoms with Crippen LogP contribution in [0.3, 0.4) is 0 Å². The van der Waals surface area contributed by atoms with E-state index in [1.807, 2.05) is 0 Å². The summed E-state index contributed by atoms with van der Waals surface area (Å²) in [7, 11) is 0. The Morgan fingerprint density at radius 1 is 1.15 bits per heavy atom. The standard InChI is InChI=1S/C7H7Cl3N2.ClH/c8-4-1-5(9)7(12)3(2-11)6(4)10;/h1H,2,11-12H2;1H. The van der Waals surface area contributed by atoms with Gasteiger partial charge in [0.1, 0.15) is 0 Å². The molecule has 0 unspecified atom stereocenters. The van der Waals surface area contributed by atoms with Gasteiger partial charge in [-0.1, -0.05) is 34.8 Å². The second kappa shape index (κ2) is 5.13. The van der Waals surface area contributed by atoms with E-state index in [2.05, 4.69) is 0 Å². The molecule has 1 rings (SSSR count). The highest BCUT2D eigenvalue weighted by molar-refractivity contribution is 6.44. The Balaban J connectivity index is 0.00000144. The number of hydrogen-bond acceptors (Lipinski definition) is 2. The van der Waals surface area contributed by atoms with E-state index in [4.69, 9.17) is 46.3 Å². The molecule has 1 aromatic rings. The minimum Gasteiger partial charge on any atom is -0.397 e. The lowest BCUT2D eigenvalue weighted by atomic mass is 10.2. The highest BCUT2D eigenvalue weighted by atomic mass is 35.5. The number of anilines is 1. The van der Waals surface area contributed by atoms with Crippen molar-refractivity contribution in [3.63, 3.8) is 0 Å². The highest BCUT2D eigenvalue weighted by Crippen LogP contribution is 2.35. The normalized spacial score (nSPS) is 9.54. The van der Waals surface area contributed by atoms with Gasteiger partial charge in [0.15, 0.2) is 0 Å². The molecule has 74 valence electrons. The van der Waals surface area contributed by atoms with Gasteiger partial charge in [-0.2, -0.15) is 0 Å². The van der Waals surface area contributed by atoms with Gasteiger partial charge in [-0.3, -0.25) is 0 Å². The van der Waals surface area contributed by atoms with E-state index >= 15 is 0 Å². The van der Waals surface area contributed by atoms with Gasteiger partial charge in [0.25, 0.3) is 0 Å². The molecule has 0 heterocycles. The van der Waals surface area contributed by atoms with E-state index in [0.29, 0.717) is 26.3 Å². The molecule has 4 N–H and O–H groups in total. The summed E-state index contributed by atoms with van der Waals surface area (Å²) >= 11 is 17.3. The Labute approximate surface area is 97.5 Å². The van der Waals surface area contributed by atoms with Gasteiger partial charge in [-0.25, -0.2) is 0 Å². The summed E-state index contributed by atoms with van der Waals surface area (Å²) in [5.41, 5.74) is 12.0. The molecule has 2 nitrogen and oxygen atoms in total. The fourth-order valence-electron chi connectivity index (χ4n) is 0.858. The van der Waals surface area contributed by atoms with Gasteiger partial charge in [0.05, 0.1) is 20.8 Å². The summed E-state index contributed by atoms with van der Waals surface area (Å²) in [6, 6.07) is 1.50. The largest absolute Gasteiger partial charge is 0.397 e. The van der Waals surface area contributed by atoms with E-state index in [1.54, 1.807) is 0 Å². The highest BCUT2D eigenvalue weighted by Gasteiger charge is 2.10. The van der Waals surface area contributed by atoms with Crippen LogP contribution in [0.4, 0.5) is 5.69 Å². The topological polar surface area (TPSA) is 52.0 Å². The van der Waals surface area contributed by atoms with Gasteiger partial charge < -0.3 is 11.5 Å². The predicted molar refractivity (Wildman–Crippen MR) is 61.0 cm³/mol. The van der Waals surface area contributed by atoms with E-state index < -0.39 is 0 Å². The molecular formula is C7H8Cl4N2. The first-order chi connectivity index (χ1) is 5.57. The van der Waals surface area contributed by atoms with Gasteiger partial charge in [0.2, 0.25) is 0 Å². The minimum atomic E-state index is 0. The average molecular weight is 262 g/mol. The second-order valence-electron chi connectivity index (χ2n) is 2.25. The summed E-state index contributed by atoms with van der Waals surface area (Å²) in [4.78, 5) is 0. The van der Waals surface area contributed by atoms with Crippen LogP contribution in [0.2, 0.25) is 15.1 Å². The van der Waals surface area contributed by atoms with Gasteiger partial charge in [0, 0.05) is 12.1 Å². The fourth-order valence-corrected chi connectivity index (χ4v) is 1.59. The second-order valence-corrected chi connectivity index (χ2v) is 3.44.